The number of hydrogen-bond donors (Lipinski definition) is 1. The van der Waals surface area contributed by atoms with Crippen LogP contribution in [0, 0.1) is 28.4 Å². The number of carbonyl (C=O) groups is 2. The average molecular weight is 383 g/mol. The highest BCUT2D eigenvalue weighted by atomic mass is 16.6. The molecule has 0 aliphatic rings. The van der Waals surface area contributed by atoms with Crippen molar-refractivity contribution in [2.75, 3.05) is 11.9 Å². The molecule has 28 heavy (non-hydrogen) atoms. The SMILES string of the molecule is Cc1cccc([N+](=O)[O-])c1NC(=O)COC(=O)[C@@H](C)Oc1ccc(C#N)cc1. The summed E-state index contributed by atoms with van der Waals surface area (Å²) in [6.07, 6.45) is -0.992. The first-order valence-electron chi connectivity index (χ1n) is 8.19. The largest absolute Gasteiger partial charge is 0.479 e. The van der Waals surface area contributed by atoms with Crippen molar-refractivity contribution in [1.82, 2.24) is 0 Å². The Morgan fingerprint density at radius 3 is 2.54 bits per heavy atom. The summed E-state index contributed by atoms with van der Waals surface area (Å²) in [5.41, 5.74) is 0.753. The normalized spacial score (nSPS) is 11.0. The summed E-state index contributed by atoms with van der Waals surface area (Å²) in [6.45, 7) is 2.44. The number of hydrogen-bond acceptors (Lipinski definition) is 7. The van der Waals surface area contributed by atoms with Crippen LogP contribution in [0.3, 0.4) is 0 Å². The molecule has 0 bridgehead atoms. The molecule has 9 nitrogen and oxygen atoms in total. The van der Waals surface area contributed by atoms with Crippen LogP contribution >= 0.6 is 0 Å². The summed E-state index contributed by atoms with van der Waals surface area (Å²) in [5.74, 6) is -1.13. The van der Waals surface area contributed by atoms with Crippen molar-refractivity contribution in [3.8, 4) is 11.8 Å². The van der Waals surface area contributed by atoms with E-state index in [1.165, 1.54) is 43.3 Å². The van der Waals surface area contributed by atoms with Gasteiger partial charge in [-0.3, -0.25) is 14.9 Å². The lowest BCUT2D eigenvalue weighted by Gasteiger charge is -2.14. The smallest absolute Gasteiger partial charge is 0.347 e. The van der Waals surface area contributed by atoms with Gasteiger partial charge in [-0.2, -0.15) is 5.26 Å². The molecule has 0 aromatic heterocycles. The fourth-order valence-corrected chi connectivity index (χ4v) is 2.26. The van der Waals surface area contributed by atoms with Gasteiger partial charge in [0.1, 0.15) is 11.4 Å². The predicted octanol–water partition coefficient (Wildman–Crippen LogP) is 2.72. The average Bonchev–Trinajstić information content (AvgIpc) is 2.68. The number of nitrogens with zero attached hydrogens (tertiary/aromatic N) is 2. The van der Waals surface area contributed by atoms with Crippen LogP contribution in [-0.2, 0) is 14.3 Å². The van der Waals surface area contributed by atoms with Crippen molar-refractivity contribution < 1.29 is 24.0 Å². The third-order valence-corrected chi connectivity index (χ3v) is 3.69. The second-order valence-electron chi connectivity index (χ2n) is 5.78. The zero-order valence-electron chi connectivity index (χ0n) is 15.2. The lowest BCUT2D eigenvalue weighted by molar-refractivity contribution is -0.384. The van der Waals surface area contributed by atoms with E-state index in [0.717, 1.165) is 0 Å². The van der Waals surface area contributed by atoms with Gasteiger partial charge in [-0.05, 0) is 43.7 Å². The first kappa shape index (κ1) is 20.4. The summed E-state index contributed by atoms with van der Waals surface area (Å²) in [7, 11) is 0. The van der Waals surface area contributed by atoms with Crippen molar-refractivity contribution in [3.63, 3.8) is 0 Å². The molecule has 144 valence electrons. The molecule has 0 heterocycles. The third-order valence-electron chi connectivity index (χ3n) is 3.69. The van der Waals surface area contributed by atoms with E-state index in [0.29, 0.717) is 16.9 Å². The number of nitro benzene ring substituents is 1. The molecule has 1 amide bonds. The van der Waals surface area contributed by atoms with E-state index in [4.69, 9.17) is 14.7 Å². The van der Waals surface area contributed by atoms with Gasteiger partial charge in [0.15, 0.2) is 12.7 Å². The molecule has 0 radical (unpaired) electrons. The molecule has 0 saturated heterocycles. The number of amides is 1. The Bertz CT molecular complexity index is 934. The summed E-state index contributed by atoms with van der Waals surface area (Å²) in [6, 6.07) is 12.5. The summed E-state index contributed by atoms with van der Waals surface area (Å²) >= 11 is 0. The number of nitro groups is 1. The number of ether oxygens (including phenoxy) is 2. The highest BCUT2D eigenvalue weighted by molar-refractivity contribution is 5.95. The molecule has 0 spiro atoms. The highest BCUT2D eigenvalue weighted by Crippen LogP contribution is 2.27. The molecule has 0 aliphatic carbocycles. The lowest BCUT2D eigenvalue weighted by atomic mass is 10.1. The van der Waals surface area contributed by atoms with Crippen LogP contribution in [0.2, 0.25) is 0 Å². The first-order valence-corrected chi connectivity index (χ1v) is 8.19. The van der Waals surface area contributed by atoms with Gasteiger partial charge >= 0.3 is 5.97 Å². The number of para-hydroxylation sites is 1. The quantitative estimate of drug-likeness (QED) is 0.442. The standard InChI is InChI=1S/C19H17N3O6/c1-12-4-3-5-16(22(25)26)18(12)21-17(23)11-27-19(24)13(2)28-15-8-6-14(10-20)7-9-15/h3-9,13H,11H2,1-2H3,(H,21,23)/t13-/m1/s1. The summed E-state index contributed by atoms with van der Waals surface area (Å²) in [5, 5.41) is 22.2. The predicted molar refractivity (Wildman–Crippen MR) is 98.7 cm³/mol. The van der Waals surface area contributed by atoms with Crippen LogP contribution < -0.4 is 10.1 Å². The highest BCUT2D eigenvalue weighted by Gasteiger charge is 2.21. The van der Waals surface area contributed by atoms with Crippen LogP contribution in [0.5, 0.6) is 5.75 Å². The Morgan fingerprint density at radius 1 is 1.25 bits per heavy atom. The number of rotatable bonds is 7. The number of aryl methyl sites for hydroxylation is 1. The monoisotopic (exact) mass is 383 g/mol. The number of benzene rings is 2. The molecule has 2 aromatic carbocycles. The number of anilines is 1. The zero-order valence-corrected chi connectivity index (χ0v) is 15.2. The second-order valence-corrected chi connectivity index (χ2v) is 5.78. The van der Waals surface area contributed by atoms with Crippen molar-refractivity contribution in [3.05, 3.63) is 63.7 Å². The Kier molecular flexibility index (Phi) is 6.65. The molecule has 0 saturated carbocycles. The van der Waals surface area contributed by atoms with Crippen LogP contribution in [0.4, 0.5) is 11.4 Å². The van der Waals surface area contributed by atoms with Gasteiger partial charge < -0.3 is 14.8 Å². The van der Waals surface area contributed by atoms with Crippen molar-refractivity contribution in [1.29, 1.82) is 5.26 Å². The van der Waals surface area contributed by atoms with E-state index >= 15 is 0 Å². The molecule has 0 fully saturated rings. The summed E-state index contributed by atoms with van der Waals surface area (Å²) < 4.78 is 10.3. The molecular formula is C19H17N3O6. The molecule has 1 atom stereocenters. The number of nitriles is 1. The zero-order chi connectivity index (χ0) is 20.7. The Balaban J connectivity index is 1.91. The molecule has 2 rings (SSSR count). The van der Waals surface area contributed by atoms with E-state index in [1.54, 1.807) is 13.0 Å². The number of nitrogens with one attached hydrogen (secondary N) is 1. The van der Waals surface area contributed by atoms with E-state index in [1.807, 2.05) is 6.07 Å². The van der Waals surface area contributed by atoms with Crippen molar-refractivity contribution >= 4 is 23.3 Å². The number of carbonyl (C=O) groups excluding carboxylic acids is 2. The fourth-order valence-electron chi connectivity index (χ4n) is 2.26. The topological polar surface area (TPSA) is 132 Å². The minimum Gasteiger partial charge on any atom is -0.479 e. The third kappa shape index (κ3) is 5.28. The van der Waals surface area contributed by atoms with Gasteiger partial charge in [0.25, 0.3) is 11.6 Å². The maximum absolute atomic E-state index is 12.0. The van der Waals surface area contributed by atoms with Crippen LogP contribution in [0.25, 0.3) is 0 Å². The van der Waals surface area contributed by atoms with Gasteiger partial charge in [0.05, 0.1) is 16.6 Å². The Hall–Kier alpha value is -3.93. The molecular weight excluding hydrogens is 366 g/mol. The van der Waals surface area contributed by atoms with Gasteiger partial charge in [-0.1, -0.05) is 12.1 Å². The molecule has 9 heteroatoms. The van der Waals surface area contributed by atoms with Crippen LogP contribution in [0.15, 0.2) is 42.5 Å². The van der Waals surface area contributed by atoms with Crippen molar-refractivity contribution in [2.24, 2.45) is 0 Å². The fraction of sp³-hybridized carbons (Fsp3) is 0.211. The molecule has 0 unspecified atom stereocenters. The van der Waals surface area contributed by atoms with Gasteiger partial charge in [0, 0.05) is 6.07 Å². The summed E-state index contributed by atoms with van der Waals surface area (Å²) in [4.78, 5) is 34.4. The number of esters is 1. The minimum absolute atomic E-state index is 0.0513. The molecule has 1 N–H and O–H groups in total. The second kappa shape index (κ2) is 9.14. The maximum Gasteiger partial charge on any atom is 0.347 e. The van der Waals surface area contributed by atoms with Gasteiger partial charge in [0.2, 0.25) is 0 Å². The van der Waals surface area contributed by atoms with Gasteiger partial charge in [-0.25, -0.2) is 4.79 Å². The Labute approximate surface area is 160 Å². The van der Waals surface area contributed by atoms with Crippen LogP contribution in [-0.4, -0.2) is 29.5 Å². The lowest BCUT2D eigenvalue weighted by Crippen LogP contribution is -2.30. The molecule has 0 aliphatic heterocycles. The Morgan fingerprint density at radius 2 is 1.93 bits per heavy atom. The maximum atomic E-state index is 12.0. The van der Waals surface area contributed by atoms with E-state index in [2.05, 4.69) is 5.32 Å². The van der Waals surface area contributed by atoms with Crippen molar-refractivity contribution in [2.45, 2.75) is 20.0 Å². The van der Waals surface area contributed by atoms with Gasteiger partial charge in [-0.15, -0.1) is 0 Å². The van der Waals surface area contributed by atoms with E-state index < -0.39 is 29.5 Å². The van der Waals surface area contributed by atoms with E-state index in [-0.39, 0.29) is 11.4 Å². The first-order chi connectivity index (χ1) is 13.3. The molecule has 2 aromatic rings. The van der Waals surface area contributed by atoms with E-state index in [9.17, 15) is 19.7 Å². The minimum atomic E-state index is -0.992. The van der Waals surface area contributed by atoms with Crippen LogP contribution in [0.1, 0.15) is 18.1 Å².